The van der Waals surface area contributed by atoms with E-state index in [9.17, 15) is 8.78 Å². The van der Waals surface area contributed by atoms with E-state index in [4.69, 9.17) is 0 Å². The molecule has 3 aromatic heterocycles. The molecule has 0 radical (unpaired) electrons. The van der Waals surface area contributed by atoms with Crippen molar-refractivity contribution < 1.29 is 8.78 Å². The van der Waals surface area contributed by atoms with Gasteiger partial charge in [0.1, 0.15) is 23.0 Å². The monoisotopic (exact) mass is 342 g/mol. The van der Waals surface area contributed by atoms with Gasteiger partial charge in [-0.3, -0.25) is 4.40 Å². The quantitative estimate of drug-likeness (QED) is 0.582. The van der Waals surface area contributed by atoms with E-state index in [1.165, 1.54) is 23.5 Å². The van der Waals surface area contributed by atoms with Gasteiger partial charge in [-0.15, -0.1) is 11.3 Å². The van der Waals surface area contributed by atoms with E-state index in [2.05, 4.69) is 15.3 Å². The summed E-state index contributed by atoms with van der Waals surface area (Å²) in [6.45, 7) is 1.93. The summed E-state index contributed by atoms with van der Waals surface area (Å²) >= 11 is 1.35. The number of thiazole rings is 1. The molecule has 4 rings (SSSR count). The van der Waals surface area contributed by atoms with Crippen LogP contribution in [0.1, 0.15) is 5.69 Å². The van der Waals surface area contributed by atoms with E-state index < -0.39 is 11.6 Å². The lowest BCUT2D eigenvalue weighted by atomic mass is 10.3. The number of pyridine rings is 1. The number of aryl methyl sites for hydroxylation is 1. The van der Waals surface area contributed by atoms with Crippen molar-refractivity contribution in [3.8, 4) is 11.4 Å². The average molecular weight is 342 g/mol. The number of nitrogens with zero attached hydrogens (tertiary/aromatic N) is 3. The number of fused-ring (bicyclic) bond motifs is 1. The summed E-state index contributed by atoms with van der Waals surface area (Å²) < 4.78 is 28.7. The molecule has 4 aromatic rings. The number of benzene rings is 1. The van der Waals surface area contributed by atoms with E-state index in [0.717, 1.165) is 28.8 Å². The third kappa shape index (κ3) is 2.52. The van der Waals surface area contributed by atoms with Gasteiger partial charge in [0.05, 0.1) is 17.1 Å². The Labute approximate surface area is 140 Å². The van der Waals surface area contributed by atoms with Crippen LogP contribution in [0.5, 0.6) is 0 Å². The first-order valence-electron chi connectivity index (χ1n) is 7.23. The Morgan fingerprint density at radius 1 is 1.12 bits per heavy atom. The summed E-state index contributed by atoms with van der Waals surface area (Å²) in [5.74, 6) is -1.27. The van der Waals surface area contributed by atoms with Crippen molar-refractivity contribution in [3.05, 3.63) is 65.3 Å². The maximum atomic E-state index is 13.7. The standard InChI is InChI=1S/C17H12F2N4S/c1-10-16(23-7-3-2-4-15(23)20-10)14-9-24-17(22-14)21-13-6-5-11(18)8-12(13)19/h2-9H,1H3,(H,21,22). The SMILES string of the molecule is Cc1nc2ccccn2c1-c1csc(Nc2ccc(F)cc2F)n1. The molecule has 1 N–H and O–H groups in total. The summed E-state index contributed by atoms with van der Waals surface area (Å²) in [6, 6.07) is 9.18. The van der Waals surface area contributed by atoms with Crippen LogP contribution in [0.2, 0.25) is 0 Å². The molecule has 4 nitrogen and oxygen atoms in total. The highest BCUT2D eigenvalue weighted by Crippen LogP contribution is 2.30. The van der Waals surface area contributed by atoms with Crippen LogP contribution in [-0.2, 0) is 0 Å². The second-order valence-corrected chi connectivity index (χ2v) is 6.12. The summed E-state index contributed by atoms with van der Waals surface area (Å²) in [6.07, 6.45) is 1.93. The largest absolute Gasteiger partial charge is 0.329 e. The first-order chi connectivity index (χ1) is 11.6. The molecule has 0 saturated heterocycles. The third-order valence-corrected chi connectivity index (χ3v) is 4.38. The normalized spacial score (nSPS) is 11.1. The van der Waals surface area contributed by atoms with Gasteiger partial charge in [0, 0.05) is 17.6 Å². The molecule has 0 fully saturated rings. The maximum absolute atomic E-state index is 13.7. The number of nitrogens with one attached hydrogen (secondary N) is 1. The first-order valence-corrected chi connectivity index (χ1v) is 8.11. The predicted octanol–water partition coefficient (Wildman–Crippen LogP) is 4.79. The summed E-state index contributed by atoms with van der Waals surface area (Å²) in [5.41, 5.74) is 3.55. The van der Waals surface area contributed by atoms with Crippen LogP contribution >= 0.6 is 11.3 Å². The highest BCUT2D eigenvalue weighted by molar-refractivity contribution is 7.14. The molecule has 0 aliphatic heterocycles. The minimum Gasteiger partial charge on any atom is -0.329 e. The molecular formula is C17H12F2N4S. The summed E-state index contributed by atoms with van der Waals surface area (Å²) in [4.78, 5) is 9.02. The molecule has 24 heavy (non-hydrogen) atoms. The van der Waals surface area contributed by atoms with Gasteiger partial charge in [-0.2, -0.15) is 0 Å². The Kier molecular flexibility index (Phi) is 3.50. The Bertz CT molecular complexity index is 1040. The molecule has 0 unspecified atom stereocenters. The van der Waals surface area contributed by atoms with Gasteiger partial charge in [0.15, 0.2) is 5.13 Å². The van der Waals surface area contributed by atoms with Crippen LogP contribution in [-0.4, -0.2) is 14.4 Å². The van der Waals surface area contributed by atoms with Crippen LogP contribution < -0.4 is 5.32 Å². The zero-order valence-corrected chi connectivity index (χ0v) is 13.4. The van der Waals surface area contributed by atoms with E-state index in [1.54, 1.807) is 0 Å². The molecular weight excluding hydrogens is 330 g/mol. The number of halogens is 2. The zero-order chi connectivity index (χ0) is 16.7. The summed E-state index contributed by atoms with van der Waals surface area (Å²) in [7, 11) is 0. The third-order valence-electron chi connectivity index (χ3n) is 3.62. The molecule has 0 aliphatic rings. The van der Waals surface area contributed by atoms with Gasteiger partial charge in [-0.1, -0.05) is 6.07 Å². The van der Waals surface area contributed by atoms with Crippen LogP contribution in [0.3, 0.4) is 0 Å². The zero-order valence-electron chi connectivity index (χ0n) is 12.6. The van der Waals surface area contributed by atoms with Crippen LogP contribution in [0.4, 0.5) is 19.6 Å². The van der Waals surface area contributed by atoms with Gasteiger partial charge < -0.3 is 5.32 Å². The van der Waals surface area contributed by atoms with Crippen molar-refractivity contribution in [1.82, 2.24) is 14.4 Å². The van der Waals surface area contributed by atoms with Crippen molar-refractivity contribution >= 4 is 27.8 Å². The molecule has 0 bridgehead atoms. The number of hydrogen-bond donors (Lipinski definition) is 1. The van der Waals surface area contributed by atoms with E-state index >= 15 is 0 Å². The Morgan fingerprint density at radius 2 is 2.00 bits per heavy atom. The number of rotatable bonds is 3. The van der Waals surface area contributed by atoms with Crippen molar-refractivity contribution in [2.75, 3.05) is 5.32 Å². The fourth-order valence-electron chi connectivity index (χ4n) is 2.57. The molecule has 0 aliphatic carbocycles. The number of hydrogen-bond acceptors (Lipinski definition) is 4. The van der Waals surface area contributed by atoms with E-state index in [1.807, 2.05) is 41.1 Å². The van der Waals surface area contributed by atoms with E-state index in [-0.39, 0.29) is 5.69 Å². The lowest BCUT2D eigenvalue weighted by molar-refractivity contribution is 0.586. The molecule has 1 aromatic carbocycles. The minimum absolute atomic E-state index is 0.187. The second kappa shape index (κ2) is 5.68. The topological polar surface area (TPSA) is 42.2 Å². The van der Waals surface area contributed by atoms with Crippen molar-refractivity contribution in [2.24, 2.45) is 0 Å². The highest BCUT2D eigenvalue weighted by Gasteiger charge is 2.14. The fraction of sp³-hybridized carbons (Fsp3) is 0.0588. The van der Waals surface area contributed by atoms with Gasteiger partial charge in [0.2, 0.25) is 0 Å². The Morgan fingerprint density at radius 3 is 2.83 bits per heavy atom. The molecule has 0 saturated carbocycles. The van der Waals surface area contributed by atoms with E-state index in [0.29, 0.717) is 5.13 Å². The van der Waals surface area contributed by atoms with Gasteiger partial charge >= 0.3 is 0 Å². The summed E-state index contributed by atoms with van der Waals surface area (Å²) in [5, 5.41) is 5.30. The highest BCUT2D eigenvalue weighted by atomic mass is 32.1. The number of imidazole rings is 1. The Balaban J connectivity index is 1.70. The van der Waals surface area contributed by atoms with Gasteiger partial charge in [-0.25, -0.2) is 18.7 Å². The average Bonchev–Trinajstić information content (AvgIpc) is 3.13. The number of anilines is 2. The molecule has 120 valence electrons. The molecule has 7 heteroatoms. The molecule has 0 spiro atoms. The van der Waals surface area contributed by atoms with Crippen molar-refractivity contribution in [2.45, 2.75) is 6.92 Å². The Hall–Kier alpha value is -2.80. The fourth-order valence-corrected chi connectivity index (χ4v) is 3.28. The van der Waals surface area contributed by atoms with Crippen molar-refractivity contribution in [3.63, 3.8) is 0 Å². The lowest BCUT2D eigenvalue weighted by Crippen LogP contribution is -1.94. The lowest BCUT2D eigenvalue weighted by Gasteiger charge is -2.04. The molecule has 0 amide bonds. The molecule has 3 heterocycles. The molecule has 0 atom stereocenters. The predicted molar refractivity (Wildman–Crippen MR) is 90.7 cm³/mol. The van der Waals surface area contributed by atoms with Crippen LogP contribution in [0, 0.1) is 18.6 Å². The maximum Gasteiger partial charge on any atom is 0.187 e. The van der Waals surface area contributed by atoms with Crippen LogP contribution in [0.15, 0.2) is 48.0 Å². The second-order valence-electron chi connectivity index (χ2n) is 5.26. The van der Waals surface area contributed by atoms with Gasteiger partial charge in [0.25, 0.3) is 0 Å². The van der Waals surface area contributed by atoms with Gasteiger partial charge in [-0.05, 0) is 31.2 Å². The van der Waals surface area contributed by atoms with Crippen molar-refractivity contribution in [1.29, 1.82) is 0 Å². The first kappa shape index (κ1) is 14.8. The van der Waals surface area contributed by atoms with Crippen LogP contribution in [0.25, 0.3) is 17.0 Å². The minimum atomic E-state index is -0.655. The smallest absolute Gasteiger partial charge is 0.187 e. The number of aromatic nitrogens is 3.